The van der Waals surface area contributed by atoms with E-state index in [4.69, 9.17) is 0 Å². The van der Waals surface area contributed by atoms with Crippen LogP contribution in [0.3, 0.4) is 0 Å². The molecular formula is C23H28FN5O2. The number of hydrogen-bond acceptors (Lipinski definition) is 4. The summed E-state index contributed by atoms with van der Waals surface area (Å²) in [6.45, 7) is 2.80. The molecular weight excluding hydrogens is 397 g/mol. The molecule has 1 aromatic carbocycles. The van der Waals surface area contributed by atoms with Crippen molar-refractivity contribution >= 4 is 28.7 Å². The van der Waals surface area contributed by atoms with Gasteiger partial charge in [-0.25, -0.2) is 9.18 Å². The predicted molar refractivity (Wildman–Crippen MR) is 114 cm³/mol. The molecule has 2 aliphatic heterocycles. The molecule has 2 saturated heterocycles. The SMILES string of the molecule is Cn1nc(N2CCC(=O)NC2=O)c2cc(F)c(C3CCC(N4CC5CC5C4)CC3)cc21. The number of amides is 3. The Bertz CT molecular complexity index is 1060. The van der Waals surface area contributed by atoms with Gasteiger partial charge in [0.1, 0.15) is 5.82 Å². The normalized spacial score (nSPS) is 31.2. The molecule has 1 N–H and O–H groups in total. The number of anilines is 1. The Hall–Kier alpha value is -2.48. The second-order valence-corrected chi connectivity index (χ2v) is 9.81. The summed E-state index contributed by atoms with van der Waals surface area (Å²) < 4.78 is 17.0. The van der Waals surface area contributed by atoms with Crippen molar-refractivity contribution in [3.63, 3.8) is 0 Å². The zero-order valence-electron chi connectivity index (χ0n) is 17.8. The quantitative estimate of drug-likeness (QED) is 0.820. The Balaban J connectivity index is 1.23. The Labute approximate surface area is 180 Å². The molecule has 6 rings (SSSR count). The summed E-state index contributed by atoms with van der Waals surface area (Å²) in [4.78, 5) is 27.8. The number of benzene rings is 1. The highest BCUT2D eigenvalue weighted by atomic mass is 19.1. The number of aromatic nitrogens is 2. The van der Waals surface area contributed by atoms with Gasteiger partial charge in [0, 0.05) is 44.5 Å². The lowest BCUT2D eigenvalue weighted by Gasteiger charge is -2.35. The van der Waals surface area contributed by atoms with E-state index in [1.54, 1.807) is 4.68 Å². The minimum Gasteiger partial charge on any atom is -0.300 e. The van der Waals surface area contributed by atoms with Crippen LogP contribution in [-0.2, 0) is 11.8 Å². The van der Waals surface area contributed by atoms with Gasteiger partial charge in [0.2, 0.25) is 5.91 Å². The number of halogens is 1. The molecule has 2 atom stereocenters. The van der Waals surface area contributed by atoms with E-state index in [1.807, 2.05) is 13.1 Å². The average molecular weight is 426 g/mol. The number of hydrogen-bond donors (Lipinski definition) is 1. The number of carbonyl (C=O) groups excluding carboxylic acids is 2. The largest absolute Gasteiger partial charge is 0.329 e. The zero-order valence-corrected chi connectivity index (χ0v) is 17.8. The van der Waals surface area contributed by atoms with E-state index in [1.165, 1.54) is 30.5 Å². The van der Waals surface area contributed by atoms with Gasteiger partial charge in [-0.3, -0.25) is 24.6 Å². The third-order valence-corrected chi connectivity index (χ3v) is 7.92. The van der Waals surface area contributed by atoms with Gasteiger partial charge in [0.15, 0.2) is 5.82 Å². The Morgan fingerprint density at radius 3 is 2.55 bits per heavy atom. The summed E-state index contributed by atoms with van der Waals surface area (Å²) in [5.74, 6) is 2.03. The van der Waals surface area contributed by atoms with Crippen LogP contribution in [0.2, 0.25) is 0 Å². The van der Waals surface area contributed by atoms with Crippen molar-refractivity contribution in [2.24, 2.45) is 18.9 Å². The van der Waals surface area contributed by atoms with E-state index >= 15 is 4.39 Å². The first-order valence-corrected chi connectivity index (χ1v) is 11.5. The molecule has 31 heavy (non-hydrogen) atoms. The molecule has 0 spiro atoms. The fraction of sp³-hybridized carbons (Fsp3) is 0.609. The highest BCUT2D eigenvalue weighted by Crippen LogP contribution is 2.47. The van der Waals surface area contributed by atoms with Gasteiger partial charge in [-0.1, -0.05) is 0 Å². The molecule has 2 aliphatic carbocycles. The van der Waals surface area contributed by atoms with Crippen molar-refractivity contribution in [1.82, 2.24) is 20.0 Å². The molecule has 2 aromatic rings. The van der Waals surface area contributed by atoms with E-state index in [0.29, 0.717) is 17.2 Å². The van der Waals surface area contributed by atoms with Crippen LogP contribution >= 0.6 is 0 Å². The van der Waals surface area contributed by atoms with E-state index in [-0.39, 0.29) is 30.6 Å². The number of urea groups is 1. The van der Waals surface area contributed by atoms with Gasteiger partial charge < -0.3 is 0 Å². The van der Waals surface area contributed by atoms with Crippen LogP contribution in [0.5, 0.6) is 0 Å². The molecule has 1 aromatic heterocycles. The Morgan fingerprint density at radius 2 is 1.84 bits per heavy atom. The van der Waals surface area contributed by atoms with Gasteiger partial charge in [-0.15, -0.1) is 0 Å². The lowest BCUT2D eigenvalue weighted by atomic mass is 9.80. The van der Waals surface area contributed by atoms with Gasteiger partial charge in [0.05, 0.1) is 5.52 Å². The third kappa shape index (κ3) is 3.23. The molecule has 3 heterocycles. The number of imide groups is 1. The maximum Gasteiger partial charge on any atom is 0.329 e. The lowest BCUT2D eigenvalue weighted by Crippen LogP contribution is -2.49. The second-order valence-electron chi connectivity index (χ2n) is 9.81. The summed E-state index contributed by atoms with van der Waals surface area (Å²) in [6, 6.07) is 3.61. The number of carbonyl (C=O) groups is 2. The molecule has 2 saturated carbocycles. The number of aryl methyl sites for hydroxylation is 1. The number of rotatable bonds is 3. The monoisotopic (exact) mass is 425 g/mol. The van der Waals surface area contributed by atoms with Crippen molar-refractivity contribution in [2.75, 3.05) is 24.5 Å². The van der Waals surface area contributed by atoms with Crippen molar-refractivity contribution in [3.05, 3.63) is 23.5 Å². The van der Waals surface area contributed by atoms with Crippen molar-refractivity contribution in [3.8, 4) is 0 Å². The summed E-state index contributed by atoms with van der Waals surface area (Å²) in [5, 5.41) is 7.41. The topological polar surface area (TPSA) is 70.5 Å². The van der Waals surface area contributed by atoms with Gasteiger partial charge in [-0.2, -0.15) is 5.10 Å². The van der Waals surface area contributed by atoms with Crippen LogP contribution in [0, 0.1) is 17.7 Å². The fourth-order valence-electron chi connectivity index (χ4n) is 6.04. The maximum atomic E-state index is 15.3. The zero-order chi connectivity index (χ0) is 21.3. The summed E-state index contributed by atoms with van der Waals surface area (Å²) in [5.41, 5.74) is 1.58. The first-order chi connectivity index (χ1) is 15.0. The van der Waals surface area contributed by atoms with E-state index < -0.39 is 6.03 Å². The Kier molecular flexibility index (Phi) is 4.35. The van der Waals surface area contributed by atoms with Crippen LogP contribution in [0.1, 0.15) is 50.0 Å². The molecule has 164 valence electrons. The van der Waals surface area contributed by atoms with E-state index in [0.717, 1.165) is 48.6 Å². The maximum absolute atomic E-state index is 15.3. The Morgan fingerprint density at radius 1 is 1.10 bits per heavy atom. The van der Waals surface area contributed by atoms with E-state index in [9.17, 15) is 9.59 Å². The molecule has 4 fully saturated rings. The van der Waals surface area contributed by atoms with Crippen LogP contribution < -0.4 is 10.2 Å². The molecule has 7 nitrogen and oxygen atoms in total. The average Bonchev–Trinajstić information content (AvgIpc) is 3.23. The molecule has 0 radical (unpaired) electrons. The van der Waals surface area contributed by atoms with E-state index in [2.05, 4.69) is 15.3 Å². The number of nitrogens with one attached hydrogen (secondary N) is 1. The van der Waals surface area contributed by atoms with Gasteiger partial charge >= 0.3 is 6.03 Å². The number of fused-ring (bicyclic) bond motifs is 2. The molecule has 3 amide bonds. The standard InChI is InChI=1S/C23H28FN5O2/c1-27-20-10-17(13-2-4-16(5-3-13)28-11-14-8-15(14)12-28)19(24)9-18(20)22(26-27)29-7-6-21(30)25-23(29)31/h9-10,13-16H,2-8,11-12H2,1H3,(H,25,30,31). The minimum absolute atomic E-state index is 0.214. The highest BCUT2D eigenvalue weighted by Gasteiger charge is 2.47. The smallest absolute Gasteiger partial charge is 0.300 e. The minimum atomic E-state index is -0.501. The first-order valence-electron chi connectivity index (χ1n) is 11.5. The fourth-order valence-corrected chi connectivity index (χ4v) is 6.04. The van der Waals surface area contributed by atoms with Crippen LogP contribution in [0.15, 0.2) is 12.1 Å². The lowest BCUT2D eigenvalue weighted by molar-refractivity contribution is -0.120. The predicted octanol–water partition coefficient (Wildman–Crippen LogP) is 3.14. The molecule has 0 bridgehead atoms. The molecule has 2 unspecified atom stereocenters. The van der Waals surface area contributed by atoms with Crippen molar-refractivity contribution in [2.45, 2.75) is 50.5 Å². The van der Waals surface area contributed by atoms with Crippen molar-refractivity contribution in [1.29, 1.82) is 0 Å². The second kappa shape index (κ2) is 7.02. The summed E-state index contributed by atoms with van der Waals surface area (Å²) in [6.07, 6.45) is 5.95. The molecule has 8 heteroatoms. The number of nitrogens with zero attached hydrogens (tertiary/aromatic N) is 4. The van der Waals surface area contributed by atoms with Crippen LogP contribution in [-0.4, -0.2) is 52.3 Å². The van der Waals surface area contributed by atoms with Crippen molar-refractivity contribution < 1.29 is 14.0 Å². The summed E-state index contributed by atoms with van der Waals surface area (Å²) in [7, 11) is 1.82. The third-order valence-electron chi connectivity index (χ3n) is 7.92. The van der Waals surface area contributed by atoms with Gasteiger partial charge in [0.25, 0.3) is 0 Å². The summed E-state index contributed by atoms with van der Waals surface area (Å²) >= 11 is 0. The highest BCUT2D eigenvalue weighted by molar-refractivity contribution is 6.08. The first kappa shape index (κ1) is 19.2. The van der Waals surface area contributed by atoms with Gasteiger partial charge in [-0.05, 0) is 67.6 Å². The number of piperidine rings is 1. The number of likely N-dealkylation sites (tertiary alicyclic amines) is 1. The van der Waals surface area contributed by atoms with Crippen LogP contribution in [0.25, 0.3) is 10.9 Å². The van der Waals surface area contributed by atoms with Crippen LogP contribution in [0.4, 0.5) is 15.0 Å². The molecule has 4 aliphatic rings.